The molecule has 1 aromatic heterocycles. The smallest absolute Gasteiger partial charge is 0.230 e. The molecule has 1 aromatic carbocycles. The summed E-state index contributed by atoms with van der Waals surface area (Å²) in [4.78, 5) is 14.4. The summed E-state index contributed by atoms with van der Waals surface area (Å²) >= 11 is 0. The Kier molecular flexibility index (Phi) is 3.36. The first-order chi connectivity index (χ1) is 11.2. The fraction of sp³-hybridized carbons (Fsp3) is 0.444. The van der Waals surface area contributed by atoms with Gasteiger partial charge in [-0.05, 0) is 31.4 Å². The predicted molar refractivity (Wildman–Crippen MR) is 87.4 cm³/mol. The Morgan fingerprint density at radius 3 is 2.87 bits per heavy atom. The van der Waals surface area contributed by atoms with Crippen molar-refractivity contribution in [3.05, 3.63) is 47.3 Å². The third kappa shape index (κ3) is 2.50. The number of benzene rings is 1. The van der Waals surface area contributed by atoms with E-state index in [0.717, 1.165) is 38.2 Å². The lowest BCUT2D eigenvalue weighted by molar-refractivity contribution is -0.132. The number of piperidine rings is 1. The lowest BCUT2D eigenvalue weighted by atomic mass is 9.74. The number of aromatic nitrogens is 1. The molecule has 1 amide bonds. The average Bonchev–Trinajstić information content (AvgIpc) is 3.13. The second-order valence-electron chi connectivity index (χ2n) is 6.67. The molecule has 2 aromatic rings. The lowest BCUT2D eigenvalue weighted by Crippen LogP contribution is -2.46. The van der Waals surface area contributed by atoms with Crippen LogP contribution in [-0.2, 0) is 16.6 Å². The molecule has 23 heavy (non-hydrogen) atoms. The standard InChI is InChI=1S/C18H21N3O2/c1-13-10-14(23-20-13)11-17(22)21-8-6-18(7-9-21)12-19-16-5-3-2-4-15(16)18/h2-5,10,19H,6-9,11-12H2,1H3. The van der Waals surface area contributed by atoms with Crippen molar-refractivity contribution in [1.82, 2.24) is 10.1 Å². The van der Waals surface area contributed by atoms with Gasteiger partial charge in [0.1, 0.15) is 5.76 Å². The van der Waals surface area contributed by atoms with E-state index in [2.05, 4.69) is 34.7 Å². The van der Waals surface area contributed by atoms with Gasteiger partial charge in [-0.15, -0.1) is 0 Å². The van der Waals surface area contributed by atoms with E-state index in [1.54, 1.807) is 0 Å². The maximum Gasteiger partial charge on any atom is 0.230 e. The van der Waals surface area contributed by atoms with Gasteiger partial charge in [0.05, 0.1) is 12.1 Å². The normalized spacial score (nSPS) is 18.7. The Labute approximate surface area is 135 Å². The first kappa shape index (κ1) is 14.3. The van der Waals surface area contributed by atoms with Crippen molar-refractivity contribution < 1.29 is 9.32 Å². The van der Waals surface area contributed by atoms with Crippen LogP contribution in [0, 0.1) is 6.92 Å². The van der Waals surface area contributed by atoms with Crippen molar-refractivity contribution in [1.29, 1.82) is 0 Å². The molecular weight excluding hydrogens is 290 g/mol. The number of carbonyl (C=O) groups is 1. The van der Waals surface area contributed by atoms with E-state index in [1.165, 1.54) is 11.3 Å². The molecule has 0 saturated carbocycles. The molecule has 0 radical (unpaired) electrons. The highest BCUT2D eigenvalue weighted by Crippen LogP contribution is 2.43. The van der Waals surface area contributed by atoms with Crippen molar-refractivity contribution >= 4 is 11.6 Å². The molecule has 2 aliphatic heterocycles. The maximum absolute atomic E-state index is 12.4. The van der Waals surface area contributed by atoms with Crippen molar-refractivity contribution in [2.24, 2.45) is 0 Å². The van der Waals surface area contributed by atoms with Gasteiger partial charge in [-0.25, -0.2) is 0 Å². The Balaban J connectivity index is 1.42. The van der Waals surface area contributed by atoms with Gasteiger partial charge in [0, 0.05) is 36.8 Å². The van der Waals surface area contributed by atoms with Gasteiger partial charge in [-0.1, -0.05) is 23.4 Å². The fourth-order valence-electron chi connectivity index (χ4n) is 3.85. The summed E-state index contributed by atoms with van der Waals surface area (Å²) in [5.41, 5.74) is 3.68. The number of para-hydroxylation sites is 1. The molecule has 0 unspecified atom stereocenters. The van der Waals surface area contributed by atoms with E-state index in [9.17, 15) is 4.79 Å². The second kappa shape index (κ2) is 5.41. The van der Waals surface area contributed by atoms with Gasteiger partial charge in [0.25, 0.3) is 0 Å². The van der Waals surface area contributed by atoms with E-state index in [1.807, 2.05) is 17.9 Å². The maximum atomic E-state index is 12.4. The average molecular weight is 311 g/mol. The zero-order chi connectivity index (χ0) is 15.9. The van der Waals surface area contributed by atoms with E-state index in [-0.39, 0.29) is 11.3 Å². The molecule has 1 N–H and O–H groups in total. The van der Waals surface area contributed by atoms with Crippen LogP contribution in [-0.4, -0.2) is 35.6 Å². The van der Waals surface area contributed by atoms with Crippen LogP contribution in [0.25, 0.3) is 0 Å². The van der Waals surface area contributed by atoms with Crippen LogP contribution in [0.1, 0.15) is 29.9 Å². The number of hydrogen-bond donors (Lipinski definition) is 1. The van der Waals surface area contributed by atoms with Gasteiger partial charge in [-0.2, -0.15) is 0 Å². The topological polar surface area (TPSA) is 58.4 Å². The molecule has 2 aliphatic rings. The van der Waals surface area contributed by atoms with Crippen molar-refractivity contribution in [3.8, 4) is 0 Å². The van der Waals surface area contributed by atoms with E-state index >= 15 is 0 Å². The van der Waals surface area contributed by atoms with Gasteiger partial charge < -0.3 is 14.7 Å². The van der Waals surface area contributed by atoms with Crippen LogP contribution < -0.4 is 5.32 Å². The first-order valence-corrected chi connectivity index (χ1v) is 8.20. The number of aryl methyl sites for hydroxylation is 1. The quantitative estimate of drug-likeness (QED) is 0.926. The number of likely N-dealkylation sites (tertiary alicyclic amines) is 1. The lowest BCUT2D eigenvalue weighted by Gasteiger charge is -2.39. The summed E-state index contributed by atoms with van der Waals surface area (Å²) in [6.07, 6.45) is 2.33. The SMILES string of the molecule is Cc1cc(CC(=O)N2CCC3(CC2)CNc2ccccc23)on1. The largest absolute Gasteiger partial charge is 0.384 e. The summed E-state index contributed by atoms with van der Waals surface area (Å²) in [7, 11) is 0. The van der Waals surface area contributed by atoms with Gasteiger partial charge in [-0.3, -0.25) is 4.79 Å². The summed E-state index contributed by atoms with van der Waals surface area (Å²) in [6, 6.07) is 10.4. The van der Waals surface area contributed by atoms with E-state index in [0.29, 0.717) is 12.2 Å². The number of fused-ring (bicyclic) bond motifs is 2. The van der Waals surface area contributed by atoms with Crippen LogP contribution in [0.15, 0.2) is 34.9 Å². The van der Waals surface area contributed by atoms with Crippen LogP contribution in [0.4, 0.5) is 5.69 Å². The molecule has 120 valence electrons. The zero-order valence-electron chi connectivity index (χ0n) is 13.3. The molecule has 0 bridgehead atoms. The minimum absolute atomic E-state index is 0.134. The number of rotatable bonds is 2. The second-order valence-corrected chi connectivity index (χ2v) is 6.67. The van der Waals surface area contributed by atoms with Crippen LogP contribution in [0.5, 0.6) is 0 Å². The highest BCUT2D eigenvalue weighted by Gasteiger charge is 2.41. The monoisotopic (exact) mass is 311 g/mol. The molecule has 3 heterocycles. The first-order valence-electron chi connectivity index (χ1n) is 8.20. The summed E-state index contributed by atoms with van der Waals surface area (Å²) in [5.74, 6) is 0.788. The van der Waals surface area contributed by atoms with E-state index < -0.39 is 0 Å². The number of anilines is 1. The van der Waals surface area contributed by atoms with E-state index in [4.69, 9.17) is 4.52 Å². The summed E-state index contributed by atoms with van der Waals surface area (Å²) in [5, 5.41) is 7.36. The minimum atomic E-state index is 0.134. The van der Waals surface area contributed by atoms with Crippen molar-refractivity contribution in [3.63, 3.8) is 0 Å². The molecule has 0 atom stereocenters. The Hall–Kier alpha value is -2.30. The van der Waals surface area contributed by atoms with Gasteiger partial charge in [0.15, 0.2) is 0 Å². The van der Waals surface area contributed by atoms with Gasteiger partial charge in [0.2, 0.25) is 5.91 Å². The summed E-state index contributed by atoms with van der Waals surface area (Å²) in [6.45, 7) is 4.46. The highest BCUT2D eigenvalue weighted by molar-refractivity contribution is 5.78. The zero-order valence-corrected chi connectivity index (χ0v) is 13.3. The molecule has 0 aliphatic carbocycles. The van der Waals surface area contributed by atoms with Crippen LogP contribution in [0.2, 0.25) is 0 Å². The summed E-state index contributed by atoms with van der Waals surface area (Å²) < 4.78 is 5.16. The van der Waals surface area contributed by atoms with Crippen molar-refractivity contribution in [2.45, 2.75) is 31.6 Å². The predicted octanol–water partition coefficient (Wildman–Crippen LogP) is 2.51. The van der Waals surface area contributed by atoms with Crippen molar-refractivity contribution in [2.75, 3.05) is 25.0 Å². The molecule has 1 fully saturated rings. The third-order valence-corrected chi connectivity index (χ3v) is 5.19. The molecular formula is C18H21N3O2. The molecule has 1 saturated heterocycles. The third-order valence-electron chi connectivity index (χ3n) is 5.19. The minimum Gasteiger partial charge on any atom is -0.384 e. The number of hydrogen-bond acceptors (Lipinski definition) is 4. The number of nitrogens with zero attached hydrogens (tertiary/aromatic N) is 2. The Morgan fingerprint density at radius 1 is 1.35 bits per heavy atom. The van der Waals surface area contributed by atoms with Gasteiger partial charge >= 0.3 is 0 Å². The fourth-order valence-corrected chi connectivity index (χ4v) is 3.85. The van der Waals surface area contributed by atoms with Crippen LogP contribution in [0.3, 0.4) is 0 Å². The Morgan fingerprint density at radius 2 is 2.13 bits per heavy atom. The molecule has 5 heteroatoms. The molecule has 4 rings (SSSR count). The van der Waals surface area contributed by atoms with Crippen LogP contribution >= 0.6 is 0 Å². The number of carbonyl (C=O) groups excluding carboxylic acids is 1. The molecule has 5 nitrogen and oxygen atoms in total. The number of amides is 1. The Bertz CT molecular complexity index is 729. The highest BCUT2D eigenvalue weighted by atomic mass is 16.5. The number of nitrogens with one attached hydrogen (secondary N) is 1. The molecule has 1 spiro atoms.